The van der Waals surface area contributed by atoms with E-state index in [1.807, 2.05) is 18.4 Å². The van der Waals surface area contributed by atoms with Crippen LogP contribution in [0.5, 0.6) is 0 Å². The summed E-state index contributed by atoms with van der Waals surface area (Å²) in [7, 11) is 0. The van der Waals surface area contributed by atoms with E-state index in [0.29, 0.717) is 5.56 Å². The van der Waals surface area contributed by atoms with Crippen molar-refractivity contribution in [3.05, 3.63) is 46.2 Å². The fourth-order valence-electron chi connectivity index (χ4n) is 1.96. The molecule has 0 saturated carbocycles. The van der Waals surface area contributed by atoms with Crippen molar-refractivity contribution in [1.29, 1.82) is 0 Å². The average Bonchev–Trinajstić information content (AvgIpc) is 3.01. The number of carbonyl (C=O) groups excluding carboxylic acids is 1. The highest BCUT2D eigenvalue weighted by atomic mass is 32.1. The Balaban J connectivity index is 2.07. The van der Waals surface area contributed by atoms with Crippen LogP contribution >= 0.6 is 11.3 Å². The second-order valence-electron chi connectivity index (χ2n) is 4.57. The molecule has 106 valence electrons. The summed E-state index contributed by atoms with van der Waals surface area (Å²) in [5, 5.41) is 5.10. The van der Waals surface area contributed by atoms with Crippen LogP contribution in [0.2, 0.25) is 0 Å². The molecule has 2 rings (SSSR count). The zero-order valence-corrected chi connectivity index (χ0v) is 12.6. The summed E-state index contributed by atoms with van der Waals surface area (Å²) in [5.41, 5.74) is 0.514. The fraction of sp³-hybridized carbons (Fsp3) is 0.400. The lowest BCUT2D eigenvalue weighted by Crippen LogP contribution is -2.28. The van der Waals surface area contributed by atoms with Gasteiger partial charge in [0.1, 0.15) is 5.82 Å². The van der Waals surface area contributed by atoms with Gasteiger partial charge in [0.2, 0.25) is 0 Å². The Hall–Kier alpha value is -1.75. The number of thiophene rings is 1. The first kappa shape index (κ1) is 14.7. The van der Waals surface area contributed by atoms with Crippen molar-refractivity contribution < 1.29 is 4.79 Å². The van der Waals surface area contributed by atoms with E-state index in [9.17, 15) is 4.79 Å². The van der Waals surface area contributed by atoms with Crippen LogP contribution in [0.3, 0.4) is 0 Å². The topological polar surface area (TPSA) is 54.9 Å². The van der Waals surface area contributed by atoms with E-state index < -0.39 is 0 Å². The predicted octanol–water partition coefficient (Wildman–Crippen LogP) is 3.37. The molecule has 0 aliphatic rings. The van der Waals surface area contributed by atoms with Gasteiger partial charge in [0.15, 0.2) is 0 Å². The van der Waals surface area contributed by atoms with Gasteiger partial charge in [-0.05, 0) is 17.9 Å². The first-order valence-electron chi connectivity index (χ1n) is 6.89. The van der Waals surface area contributed by atoms with Crippen molar-refractivity contribution >= 4 is 17.2 Å². The first-order valence-corrected chi connectivity index (χ1v) is 7.77. The molecule has 1 amide bonds. The summed E-state index contributed by atoms with van der Waals surface area (Å²) in [5.74, 6) is 0.643. The zero-order chi connectivity index (χ0) is 14.4. The first-order chi connectivity index (χ1) is 9.74. The molecular formula is C15H19N3OS. The molecule has 0 spiro atoms. The number of aromatic nitrogens is 2. The Kier molecular flexibility index (Phi) is 5.24. The SMILES string of the molecule is CCC[C@@H](NC(=O)c1cnc(CC)nc1)c1cccs1. The van der Waals surface area contributed by atoms with Crippen molar-refractivity contribution in [3.63, 3.8) is 0 Å². The van der Waals surface area contributed by atoms with Crippen molar-refractivity contribution in [2.75, 3.05) is 0 Å². The Morgan fingerprint density at radius 1 is 1.35 bits per heavy atom. The molecule has 0 aliphatic heterocycles. The Morgan fingerprint density at radius 2 is 2.10 bits per heavy atom. The molecule has 0 unspecified atom stereocenters. The maximum atomic E-state index is 12.2. The maximum absolute atomic E-state index is 12.2. The van der Waals surface area contributed by atoms with Gasteiger partial charge in [0, 0.05) is 23.7 Å². The van der Waals surface area contributed by atoms with Gasteiger partial charge >= 0.3 is 0 Å². The largest absolute Gasteiger partial charge is 0.344 e. The van der Waals surface area contributed by atoms with Crippen LogP contribution < -0.4 is 5.32 Å². The monoisotopic (exact) mass is 289 g/mol. The van der Waals surface area contributed by atoms with E-state index in [1.54, 1.807) is 23.7 Å². The van der Waals surface area contributed by atoms with E-state index in [4.69, 9.17) is 0 Å². The maximum Gasteiger partial charge on any atom is 0.254 e. The van der Waals surface area contributed by atoms with Crippen LogP contribution in [-0.4, -0.2) is 15.9 Å². The highest BCUT2D eigenvalue weighted by Gasteiger charge is 2.16. The number of amides is 1. The lowest BCUT2D eigenvalue weighted by atomic mass is 10.1. The quantitative estimate of drug-likeness (QED) is 0.887. The smallest absolute Gasteiger partial charge is 0.254 e. The Labute approximate surface area is 123 Å². The lowest BCUT2D eigenvalue weighted by Gasteiger charge is -2.16. The van der Waals surface area contributed by atoms with Crippen LogP contribution in [-0.2, 0) is 6.42 Å². The van der Waals surface area contributed by atoms with E-state index in [0.717, 1.165) is 25.1 Å². The molecule has 4 nitrogen and oxygen atoms in total. The fourth-order valence-corrected chi connectivity index (χ4v) is 2.77. The van der Waals surface area contributed by atoms with Crippen LogP contribution in [0.25, 0.3) is 0 Å². The third-order valence-corrected chi connectivity index (χ3v) is 4.04. The second kappa shape index (κ2) is 7.14. The van der Waals surface area contributed by atoms with Crippen LogP contribution in [0, 0.1) is 0 Å². The highest BCUT2D eigenvalue weighted by molar-refractivity contribution is 7.10. The molecule has 1 N–H and O–H groups in total. The Morgan fingerprint density at radius 3 is 2.65 bits per heavy atom. The van der Waals surface area contributed by atoms with Crippen molar-refractivity contribution in [1.82, 2.24) is 15.3 Å². The summed E-state index contributed by atoms with van der Waals surface area (Å²) >= 11 is 1.67. The van der Waals surface area contributed by atoms with Crippen molar-refractivity contribution in [3.8, 4) is 0 Å². The van der Waals surface area contributed by atoms with Gasteiger partial charge in [0.25, 0.3) is 5.91 Å². The lowest BCUT2D eigenvalue weighted by molar-refractivity contribution is 0.0934. The van der Waals surface area contributed by atoms with Gasteiger partial charge in [-0.3, -0.25) is 4.79 Å². The number of rotatable bonds is 6. The molecular weight excluding hydrogens is 270 g/mol. The zero-order valence-electron chi connectivity index (χ0n) is 11.8. The molecule has 0 fully saturated rings. The van der Waals surface area contributed by atoms with Crippen LogP contribution in [0.4, 0.5) is 0 Å². The minimum absolute atomic E-state index is 0.0679. The third-order valence-electron chi connectivity index (χ3n) is 3.05. The van der Waals surface area contributed by atoms with E-state index >= 15 is 0 Å². The second-order valence-corrected chi connectivity index (χ2v) is 5.55. The molecule has 2 aromatic heterocycles. The molecule has 1 atom stereocenters. The molecule has 0 aliphatic carbocycles. The molecule has 2 aromatic rings. The summed E-state index contributed by atoms with van der Waals surface area (Å²) < 4.78 is 0. The number of nitrogens with zero attached hydrogens (tertiary/aromatic N) is 2. The van der Waals surface area contributed by atoms with Gasteiger partial charge in [-0.2, -0.15) is 0 Å². The standard InChI is InChI=1S/C15H19N3OS/c1-3-6-12(13-7-5-8-20-13)18-15(19)11-9-16-14(4-2)17-10-11/h5,7-10,12H,3-4,6H2,1-2H3,(H,18,19)/t12-/m1/s1. The van der Waals surface area contributed by atoms with Gasteiger partial charge < -0.3 is 5.32 Å². The summed E-state index contributed by atoms with van der Waals surface area (Å²) in [6.07, 6.45) is 5.92. The summed E-state index contributed by atoms with van der Waals surface area (Å²) in [4.78, 5) is 21.8. The molecule has 2 heterocycles. The molecule has 20 heavy (non-hydrogen) atoms. The van der Waals surface area contributed by atoms with Gasteiger partial charge in [-0.15, -0.1) is 11.3 Å². The number of carbonyl (C=O) groups is 1. The minimum Gasteiger partial charge on any atom is -0.344 e. The van der Waals surface area contributed by atoms with E-state index in [-0.39, 0.29) is 11.9 Å². The highest BCUT2D eigenvalue weighted by Crippen LogP contribution is 2.23. The molecule has 5 heteroatoms. The van der Waals surface area contributed by atoms with E-state index in [2.05, 4.69) is 28.3 Å². The summed E-state index contributed by atoms with van der Waals surface area (Å²) in [6.45, 7) is 4.11. The molecule has 0 aromatic carbocycles. The van der Waals surface area contributed by atoms with Gasteiger partial charge in [-0.1, -0.05) is 26.3 Å². The molecule has 0 saturated heterocycles. The normalized spacial score (nSPS) is 12.1. The predicted molar refractivity (Wildman–Crippen MR) is 80.8 cm³/mol. The Bertz CT molecular complexity index is 537. The summed E-state index contributed by atoms with van der Waals surface area (Å²) in [6, 6.07) is 4.13. The number of nitrogens with one attached hydrogen (secondary N) is 1. The number of hydrogen-bond acceptors (Lipinski definition) is 4. The van der Waals surface area contributed by atoms with Gasteiger partial charge in [0.05, 0.1) is 11.6 Å². The molecule has 0 bridgehead atoms. The molecule has 0 radical (unpaired) electrons. The van der Waals surface area contributed by atoms with Crippen LogP contribution in [0.15, 0.2) is 29.9 Å². The number of aryl methyl sites for hydroxylation is 1. The van der Waals surface area contributed by atoms with Crippen molar-refractivity contribution in [2.24, 2.45) is 0 Å². The number of hydrogen-bond donors (Lipinski definition) is 1. The van der Waals surface area contributed by atoms with E-state index in [1.165, 1.54) is 4.88 Å². The van der Waals surface area contributed by atoms with Gasteiger partial charge in [-0.25, -0.2) is 9.97 Å². The average molecular weight is 289 g/mol. The van der Waals surface area contributed by atoms with Crippen molar-refractivity contribution in [2.45, 2.75) is 39.2 Å². The van der Waals surface area contributed by atoms with Crippen LogP contribution in [0.1, 0.15) is 53.8 Å². The third kappa shape index (κ3) is 3.63. The minimum atomic E-state index is -0.112.